The highest BCUT2D eigenvalue weighted by Gasteiger charge is 2.49. The Morgan fingerprint density at radius 2 is 1.81 bits per heavy atom. The predicted octanol–water partition coefficient (Wildman–Crippen LogP) is 5.18. The van der Waals surface area contributed by atoms with Gasteiger partial charge in [-0.15, -0.1) is 0 Å². The number of carbonyl (C=O) groups is 1. The zero-order valence-corrected chi connectivity index (χ0v) is 21.3. The fraction of sp³-hybridized carbons (Fsp3) is 0.379. The molecule has 0 unspecified atom stereocenters. The Balaban J connectivity index is 1.28. The molecule has 4 aromatic rings. The van der Waals surface area contributed by atoms with Crippen LogP contribution in [0.2, 0.25) is 0 Å². The molecule has 0 saturated carbocycles. The summed E-state index contributed by atoms with van der Waals surface area (Å²) in [4.78, 5) is 23.1. The lowest BCUT2D eigenvalue weighted by Crippen LogP contribution is -2.48. The number of nitrogens with zero attached hydrogens (tertiary/aromatic N) is 5. The van der Waals surface area contributed by atoms with E-state index in [0.717, 1.165) is 61.3 Å². The zero-order chi connectivity index (χ0) is 25.6. The van der Waals surface area contributed by atoms with E-state index in [-0.39, 0.29) is 5.41 Å². The first kappa shape index (κ1) is 23.5. The van der Waals surface area contributed by atoms with Gasteiger partial charge >= 0.3 is 6.09 Å². The van der Waals surface area contributed by atoms with Crippen LogP contribution in [0.1, 0.15) is 50.2 Å². The fourth-order valence-corrected chi connectivity index (χ4v) is 6.58. The lowest BCUT2D eigenvalue weighted by Gasteiger charge is -2.45. The van der Waals surface area contributed by atoms with Crippen molar-refractivity contribution in [3.05, 3.63) is 78.2 Å². The van der Waals surface area contributed by atoms with Crippen molar-refractivity contribution in [2.24, 2.45) is 5.41 Å². The molecule has 37 heavy (non-hydrogen) atoms. The lowest BCUT2D eigenvalue weighted by molar-refractivity contribution is 0.143. The van der Waals surface area contributed by atoms with Crippen LogP contribution < -0.4 is 10.2 Å². The van der Waals surface area contributed by atoms with Crippen LogP contribution in [0.5, 0.6) is 0 Å². The molecule has 6 rings (SSSR count). The minimum Gasteiger partial charge on any atom is -0.465 e. The molecule has 0 bridgehead atoms. The molecule has 1 aliphatic carbocycles. The number of carboxylic acid groups (broad SMARTS) is 1. The monoisotopic (exact) mass is 496 g/mol. The van der Waals surface area contributed by atoms with Crippen LogP contribution >= 0.6 is 0 Å². The molecule has 3 heterocycles. The Morgan fingerprint density at radius 3 is 2.57 bits per heavy atom. The third-order valence-electron chi connectivity index (χ3n) is 8.28. The third kappa shape index (κ3) is 4.20. The molecular weight excluding hydrogens is 464 g/mol. The number of aromatic nitrogens is 4. The molecule has 1 aliphatic heterocycles. The minimum atomic E-state index is -0.969. The van der Waals surface area contributed by atoms with Gasteiger partial charge in [0.15, 0.2) is 5.65 Å². The van der Waals surface area contributed by atoms with Crippen molar-refractivity contribution in [3.63, 3.8) is 0 Å². The van der Waals surface area contributed by atoms with Crippen LogP contribution in [0, 0.1) is 5.41 Å². The Labute approximate surface area is 216 Å². The van der Waals surface area contributed by atoms with Crippen molar-refractivity contribution in [1.82, 2.24) is 25.1 Å². The van der Waals surface area contributed by atoms with E-state index in [0.29, 0.717) is 5.92 Å². The van der Waals surface area contributed by atoms with Gasteiger partial charge in [0, 0.05) is 18.6 Å². The molecule has 2 N–H and O–H groups in total. The number of anilines is 1. The number of rotatable bonds is 5. The van der Waals surface area contributed by atoms with E-state index in [1.807, 2.05) is 55.1 Å². The number of amides is 1. The van der Waals surface area contributed by atoms with Crippen LogP contribution in [0.4, 0.5) is 10.6 Å². The van der Waals surface area contributed by atoms with Gasteiger partial charge in [-0.2, -0.15) is 5.10 Å². The second-order valence-corrected chi connectivity index (χ2v) is 11.1. The van der Waals surface area contributed by atoms with E-state index >= 15 is 0 Å². The van der Waals surface area contributed by atoms with Crippen molar-refractivity contribution in [2.75, 3.05) is 18.0 Å². The van der Waals surface area contributed by atoms with Gasteiger partial charge in [0.25, 0.3) is 0 Å². The number of para-hydroxylation sites is 1. The van der Waals surface area contributed by atoms with E-state index in [4.69, 9.17) is 0 Å². The molecule has 190 valence electrons. The van der Waals surface area contributed by atoms with Crippen LogP contribution in [0.15, 0.2) is 67.1 Å². The summed E-state index contributed by atoms with van der Waals surface area (Å²) in [7, 11) is 0. The quantitative estimate of drug-likeness (QED) is 0.395. The largest absolute Gasteiger partial charge is 0.465 e. The maximum atomic E-state index is 11.5. The van der Waals surface area contributed by atoms with Crippen molar-refractivity contribution >= 4 is 22.9 Å². The van der Waals surface area contributed by atoms with E-state index < -0.39 is 11.6 Å². The number of hydrogen-bond donors (Lipinski definition) is 2. The van der Waals surface area contributed by atoms with E-state index in [1.54, 1.807) is 6.33 Å². The minimum absolute atomic E-state index is 0.109. The maximum Gasteiger partial charge on any atom is 0.405 e. The van der Waals surface area contributed by atoms with E-state index in [1.165, 1.54) is 11.1 Å². The molecule has 2 aromatic heterocycles. The average molecular weight is 497 g/mol. The molecule has 0 radical (unpaired) electrons. The van der Waals surface area contributed by atoms with E-state index in [2.05, 4.69) is 49.5 Å². The normalized spacial score (nSPS) is 18.8. The van der Waals surface area contributed by atoms with Crippen molar-refractivity contribution in [2.45, 2.75) is 51.0 Å². The van der Waals surface area contributed by atoms with Crippen molar-refractivity contribution in [3.8, 4) is 5.69 Å². The molecule has 1 atom stereocenters. The SMILES string of the molecule is CC(C)(C[C@@H]1c2ccccc2CC12CCN(c1ncnc3c1cnn3-c1ccccc1)CC2)NC(=O)O. The standard InChI is InChI=1S/C29H32N6O2/c1-28(2,33-27(36)37)17-24-22-11-7-6-8-20(22)16-29(24)12-14-34(15-13-29)25-23-18-32-35(26(23)31-19-30-25)21-9-4-3-5-10-21/h3-11,18-19,24,33H,12-17H2,1-2H3,(H,36,37)/t24-/m1/s1. The molecule has 1 amide bonds. The van der Waals surface area contributed by atoms with Gasteiger partial charge in [0.05, 0.1) is 17.3 Å². The van der Waals surface area contributed by atoms with E-state index in [9.17, 15) is 9.90 Å². The Bertz CT molecular complexity index is 1440. The fourth-order valence-electron chi connectivity index (χ4n) is 6.58. The summed E-state index contributed by atoms with van der Waals surface area (Å²) in [5.41, 5.74) is 4.17. The first-order chi connectivity index (χ1) is 17.9. The molecule has 2 aliphatic rings. The smallest absolute Gasteiger partial charge is 0.405 e. The summed E-state index contributed by atoms with van der Waals surface area (Å²) >= 11 is 0. The average Bonchev–Trinajstić information content (AvgIpc) is 3.44. The summed E-state index contributed by atoms with van der Waals surface area (Å²) in [6, 6.07) is 18.8. The molecule has 8 nitrogen and oxygen atoms in total. The van der Waals surface area contributed by atoms with Gasteiger partial charge < -0.3 is 15.3 Å². The van der Waals surface area contributed by atoms with Crippen molar-refractivity contribution < 1.29 is 9.90 Å². The van der Waals surface area contributed by atoms with Crippen molar-refractivity contribution in [1.29, 1.82) is 0 Å². The highest BCUT2D eigenvalue weighted by atomic mass is 16.4. The van der Waals surface area contributed by atoms with Gasteiger partial charge in [-0.25, -0.2) is 19.4 Å². The highest BCUT2D eigenvalue weighted by molar-refractivity contribution is 5.87. The highest BCUT2D eigenvalue weighted by Crippen LogP contribution is 2.56. The summed E-state index contributed by atoms with van der Waals surface area (Å²) < 4.78 is 1.87. The van der Waals surface area contributed by atoms with Gasteiger partial charge in [0.1, 0.15) is 12.1 Å². The summed E-state index contributed by atoms with van der Waals surface area (Å²) in [6.07, 6.45) is 6.40. The first-order valence-corrected chi connectivity index (χ1v) is 12.9. The maximum absolute atomic E-state index is 11.5. The number of nitrogens with one attached hydrogen (secondary N) is 1. The zero-order valence-electron chi connectivity index (χ0n) is 21.3. The van der Waals surface area contributed by atoms with Gasteiger partial charge in [-0.1, -0.05) is 42.5 Å². The van der Waals surface area contributed by atoms with Gasteiger partial charge in [-0.05, 0) is 74.1 Å². The Kier molecular flexibility index (Phi) is 5.62. The second-order valence-electron chi connectivity index (χ2n) is 11.1. The second kappa shape index (κ2) is 8.87. The summed E-state index contributed by atoms with van der Waals surface area (Å²) in [6.45, 7) is 5.76. The van der Waals surface area contributed by atoms with Crippen LogP contribution in [-0.2, 0) is 6.42 Å². The van der Waals surface area contributed by atoms with Crippen LogP contribution in [0.3, 0.4) is 0 Å². The van der Waals surface area contributed by atoms with Crippen LogP contribution in [0.25, 0.3) is 16.7 Å². The summed E-state index contributed by atoms with van der Waals surface area (Å²) in [5, 5.41) is 17.7. The number of hydrogen-bond acceptors (Lipinski definition) is 5. The number of fused-ring (bicyclic) bond motifs is 2. The topological polar surface area (TPSA) is 96.2 Å². The Morgan fingerprint density at radius 1 is 1.08 bits per heavy atom. The molecule has 1 saturated heterocycles. The third-order valence-corrected chi connectivity index (χ3v) is 8.28. The first-order valence-electron chi connectivity index (χ1n) is 12.9. The van der Waals surface area contributed by atoms with Gasteiger partial charge in [-0.3, -0.25) is 0 Å². The molecular formula is C29H32N6O2. The number of benzene rings is 2. The van der Waals surface area contributed by atoms with Crippen LogP contribution in [-0.4, -0.2) is 49.6 Å². The molecule has 2 aromatic carbocycles. The lowest BCUT2D eigenvalue weighted by atomic mass is 9.66. The van der Waals surface area contributed by atoms with Gasteiger partial charge in [0.2, 0.25) is 0 Å². The number of piperidine rings is 1. The predicted molar refractivity (Wildman–Crippen MR) is 143 cm³/mol. The molecule has 1 spiro atoms. The summed E-state index contributed by atoms with van der Waals surface area (Å²) in [5.74, 6) is 1.24. The Hall–Kier alpha value is -3.94. The molecule has 1 fully saturated rings. The molecule has 8 heteroatoms.